The number of nitrogens with one attached hydrogen (secondary N) is 2. The zero-order valence-electron chi connectivity index (χ0n) is 18.0. The van der Waals surface area contributed by atoms with Gasteiger partial charge in [-0.15, -0.1) is 10.2 Å². The van der Waals surface area contributed by atoms with Gasteiger partial charge in [0, 0.05) is 36.7 Å². The number of aromatic nitrogens is 2. The first-order chi connectivity index (χ1) is 16.0. The third-order valence-corrected chi connectivity index (χ3v) is 7.96. The highest BCUT2D eigenvalue weighted by Gasteiger charge is 2.33. The third kappa shape index (κ3) is 5.41. The number of carbonyl (C=O) groups excluding carboxylic acids is 3. The summed E-state index contributed by atoms with van der Waals surface area (Å²) in [6.45, 7) is 1.83. The number of nitrogens with zero attached hydrogens (tertiary/aromatic N) is 4. The topological polar surface area (TPSA) is 117 Å². The van der Waals surface area contributed by atoms with Crippen LogP contribution in [0, 0.1) is 0 Å². The Morgan fingerprint density at radius 2 is 1.79 bits per heavy atom. The van der Waals surface area contributed by atoms with Crippen molar-refractivity contribution in [1.82, 2.24) is 15.1 Å². The fourth-order valence-corrected chi connectivity index (χ4v) is 5.79. The van der Waals surface area contributed by atoms with E-state index < -0.39 is 5.25 Å². The maximum absolute atomic E-state index is 12.5. The minimum Gasteiger partial charge on any atom is -0.351 e. The summed E-state index contributed by atoms with van der Waals surface area (Å²) in [5, 5.41) is 15.4. The van der Waals surface area contributed by atoms with Crippen molar-refractivity contribution in [2.24, 2.45) is 4.99 Å². The maximum atomic E-state index is 12.5. The Morgan fingerprint density at radius 3 is 2.52 bits per heavy atom. The van der Waals surface area contributed by atoms with Gasteiger partial charge in [-0.1, -0.05) is 23.1 Å². The van der Waals surface area contributed by atoms with Gasteiger partial charge in [0.15, 0.2) is 5.17 Å². The smallest absolute Gasteiger partial charge is 0.262 e. The molecule has 0 spiro atoms. The first-order valence-electron chi connectivity index (χ1n) is 11.1. The molecule has 3 amide bonds. The van der Waals surface area contributed by atoms with Crippen LogP contribution in [0.5, 0.6) is 0 Å². The van der Waals surface area contributed by atoms with Gasteiger partial charge in [0.1, 0.15) is 10.3 Å². The van der Waals surface area contributed by atoms with E-state index >= 15 is 0 Å². The molecule has 11 heteroatoms. The lowest BCUT2D eigenvalue weighted by atomic mass is 10.1. The summed E-state index contributed by atoms with van der Waals surface area (Å²) in [4.78, 5) is 43.5. The number of likely N-dealkylation sites (tertiary alicyclic amines) is 1. The van der Waals surface area contributed by atoms with Crippen LogP contribution < -0.4 is 10.6 Å². The molecular weight excluding hydrogens is 460 g/mol. The van der Waals surface area contributed by atoms with Gasteiger partial charge in [-0.25, -0.2) is 0 Å². The minimum absolute atomic E-state index is 0.0625. The van der Waals surface area contributed by atoms with Crippen molar-refractivity contribution in [3.8, 4) is 0 Å². The van der Waals surface area contributed by atoms with Crippen molar-refractivity contribution in [3.05, 3.63) is 34.8 Å². The Hall–Kier alpha value is -2.79. The number of aliphatic imine (C=N–C) groups is 1. The van der Waals surface area contributed by atoms with Crippen LogP contribution in [0.2, 0.25) is 0 Å². The van der Waals surface area contributed by atoms with Crippen molar-refractivity contribution in [3.63, 3.8) is 0 Å². The average molecular weight is 485 g/mol. The molecule has 2 N–H and O–H groups in total. The molecule has 0 radical (unpaired) electrons. The summed E-state index contributed by atoms with van der Waals surface area (Å²) in [6, 6.07) is 6.62. The largest absolute Gasteiger partial charge is 0.351 e. The molecule has 2 aliphatic heterocycles. The van der Waals surface area contributed by atoms with Crippen LogP contribution in [0.25, 0.3) is 0 Å². The van der Waals surface area contributed by atoms with Gasteiger partial charge in [-0.2, -0.15) is 4.99 Å². The lowest BCUT2D eigenvalue weighted by molar-refractivity contribution is -0.121. The Balaban J connectivity index is 1.11. The molecule has 1 aromatic heterocycles. The lowest BCUT2D eigenvalue weighted by Gasteiger charge is -2.27. The number of piperidine rings is 1. The molecule has 2 aromatic rings. The predicted molar refractivity (Wildman–Crippen MR) is 129 cm³/mol. The number of thioether (sulfide) groups is 1. The van der Waals surface area contributed by atoms with Crippen LogP contribution in [0.15, 0.2) is 29.3 Å². The second-order valence-electron chi connectivity index (χ2n) is 8.39. The summed E-state index contributed by atoms with van der Waals surface area (Å²) in [6.07, 6.45) is 5.75. The number of carbonyl (C=O) groups is 3. The molecular formula is C22H24N6O3S2. The lowest BCUT2D eigenvalue weighted by Crippen LogP contribution is -2.33. The maximum Gasteiger partial charge on any atom is 0.262 e. The first-order valence-corrected chi connectivity index (χ1v) is 12.8. The molecule has 0 bridgehead atoms. The van der Waals surface area contributed by atoms with Gasteiger partial charge in [-0.05, 0) is 56.4 Å². The molecule has 1 atom stereocenters. The predicted octanol–water partition coefficient (Wildman–Crippen LogP) is 3.48. The van der Waals surface area contributed by atoms with Crippen molar-refractivity contribution in [1.29, 1.82) is 0 Å². The standard InChI is InChI=1S/C22H24N6O3S2/c29-17(12-16-19(31)25-22(32-16)28-10-2-1-3-11-28)23-15-8-6-13(7-9-15)18(30)24-21-27-26-20(33-21)14-4-5-14/h6-9,14,16H,1-5,10-12H2,(H,23,29)(H,24,27,30). The monoisotopic (exact) mass is 484 g/mol. The summed E-state index contributed by atoms with van der Waals surface area (Å²) in [5.41, 5.74) is 1.02. The number of hydrogen-bond acceptors (Lipinski definition) is 8. The number of amides is 3. The van der Waals surface area contributed by atoms with E-state index in [1.165, 1.54) is 29.5 Å². The highest BCUT2D eigenvalue weighted by Crippen LogP contribution is 2.42. The Kier molecular flexibility index (Phi) is 6.41. The number of benzene rings is 1. The number of amidine groups is 1. The van der Waals surface area contributed by atoms with Crippen LogP contribution in [0.3, 0.4) is 0 Å². The SMILES string of the molecule is O=C(CC1SC(N2CCCCC2)=NC1=O)Nc1ccc(C(=O)Nc2nnc(C3CC3)s2)cc1. The van der Waals surface area contributed by atoms with E-state index in [-0.39, 0.29) is 24.1 Å². The number of rotatable bonds is 6. The van der Waals surface area contributed by atoms with Gasteiger partial charge in [0.2, 0.25) is 11.0 Å². The highest BCUT2D eigenvalue weighted by atomic mass is 32.2. The Morgan fingerprint density at radius 1 is 1.03 bits per heavy atom. The van der Waals surface area contributed by atoms with E-state index in [4.69, 9.17) is 0 Å². The van der Waals surface area contributed by atoms with Gasteiger partial charge >= 0.3 is 0 Å². The van der Waals surface area contributed by atoms with Crippen molar-refractivity contribution < 1.29 is 14.4 Å². The van der Waals surface area contributed by atoms with E-state index in [1.54, 1.807) is 24.3 Å². The van der Waals surface area contributed by atoms with Crippen LogP contribution in [-0.2, 0) is 9.59 Å². The molecule has 1 aliphatic carbocycles. The minimum atomic E-state index is -0.487. The Bertz CT molecular complexity index is 1090. The second-order valence-corrected chi connectivity index (χ2v) is 10.6. The van der Waals surface area contributed by atoms with E-state index in [0.29, 0.717) is 22.3 Å². The van der Waals surface area contributed by atoms with Crippen LogP contribution in [-0.4, -0.2) is 56.3 Å². The molecule has 172 valence electrons. The quantitative estimate of drug-likeness (QED) is 0.645. The first kappa shape index (κ1) is 22.0. The van der Waals surface area contributed by atoms with E-state index in [0.717, 1.165) is 48.9 Å². The molecule has 3 heterocycles. The van der Waals surface area contributed by atoms with Crippen LogP contribution >= 0.6 is 23.1 Å². The molecule has 3 aliphatic rings. The van der Waals surface area contributed by atoms with Gasteiger partial charge in [0.05, 0.1) is 0 Å². The van der Waals surface area contributed by atoms with Crippen LogP contribution in [0.4, 0.5) is 10.8 Å². The average Bonchev–Trinajstić information content (AvgIpc) is 3.47. The number of hydrogen-bond donors (Lipinski definition) is 2. The molecule has 1 saturated heterocycles. The molecule has 33 heavy (non-hydrogen) atoms. The zero-order chi connectivity index (χ0) is 22.8. The second kappa shape index (κ2) is 9.60. The molecule has 9 nitrogen and oxygen atoms in total. The zero-order valence-corrected chi connectivity index (χ0v) is 19.6. The van der Waals surface area contributed by atoms with Gasteiger partial charge in [-0.3, -0.25) is 19.7 Å². The van der Waals surface area contributed by atoms with E-state index in [2.05, 4.69) is 30.7 Å². The highest BCUT2D eigenvalue weighted by molar-refractivity contribution is 8.15. The molecule has 1 unspecified atom stereocenters. The van der Waals surface area contributed by atoms with E-state index in [9.17, 15) is 14.4 Å². The fraction of sp³-hybridized carbons (Fsp3) is 0.455. The molecule has 1 saturated carbocycles. The molecule has 5 rings (SSSR count). The number of anilines is 2. The van der Waals surface area contributed by atoms with E-state index in [1.807, 2.05) is 0 Å². The fourth-order valence-electron chi connectivity index (χ4n) is 3.76. The van der Waals surface area contributed by atoms with Crippen molar-refractivity contribution in [2.45, 2.75) is 49.7 Å². The normalized spacial score (nSPS) is 20.5. The summed E-state index contributed by atoms with van der Waals surface area (Å²) < 4.78 is 0. The summed E-state index contributed by atoms with van der Waals surface area (Å²) in [5.74, 6) is -0.280. The summed E-state index contributed by atoms with van der Waals surface area (Å²) in [7, 11) is 0. The summed E-state index contributed by atoms with van der Waals surface area (Å²) >= 11 is 2.79. The van der Waals surface area contributed by atoms with Crippen LogP contribution in [0.1, 0.15) is 59.8 Å². The van der Waals surface area contributed by atoms with Crippen molar-refractivity contribution >= 4 is 56.8 Å². The van der Waals surface area contributed by atoms with Crippen molar-refractivity contribution in [2.75, 3.05) is 23.7 Å². The Labute approximate surface area is 199 Å². The third-order valence-electron chi connectivity index (χ3n) is 5.74. The van der Waals surface area contributed by atoms with Gasteiger partial charge < -0.3 is 10.2 Å². The molecule has 1 aromatic carbocycles. The molecule has 2 fully saturated rings. The van der Waals surface area contributed by atoms with Gasteiger partial charge in [0.25, 0.3) is 11.8 Å².